The van der Waals surface area contributed by atoms with Gasteiger partial charge in [0.25, 0.3) is 0 Å². The van der Waals surface area contributed by atoms with Crippen molar-refractivity contribution in [2.45, 2.75) is 26.7 Å². The number of carboxylic acids is 1. The van der Waals surface area contributed by atoms with Gasteiger partial charge in [-0.1, -0.05) is 0 Å². The van der Waals surface area contributed by atoms with Crippen molar-refractivity contribution in [3.8, 4) is 0 Å². The van der Waals surface area contributed by atoms with E-state index in [2.05, 4.69) is 10.2 Å². The van der Waals surface area contributed by atoms with Crippen LogP contribution in [0.2, 0.25) is 0 Å². The Morgan fingerprint density at radius 2 is 2.17 bits per heavy atom. The van der Waals surface area contributed by atoms with Crippen molar-refractivity contribution in [2.24, 2.45) is 0 Å². The highest BCUT2D eigenvalue weighted by molar-refractivity contribution is 5.76. The lowest BCUT2D eigenvalue weighted by Gasteiger charge is -2.05. The van der Waals surface area contributed by atoms with Gasteiger partial charge in [-0.3, -0.25) is 9.89 Å². The van der Waals surface area contributed by atoms with E-state index in [1.54, 1.807) is 13.8 Å². The van der Waals surface area contributed by atoms with E-state index in [0.717, 1.165) is 17.0 Å². The number of nitrogens with one attached hydrogen (secondary N) is 1. The number of hydrogen-bond donors (Lipinski definition) is 2. The third kappa shape index (κ3) is 1.32. The maximum atomic E-state index is 10.7. The summed E-state index contributed by atoms with van der Waals surface area (Å²) in [6, 6.07) is 0. The lowest BCUT2D eigenvalue weighted by molar-refractivity contribution is -0.138. The van der Waals surface area contributed by atoms with E-state index in [1.165, 1.54) is 0 Å². The first-order valence-corrected chi connectivity index (χ1v) is 3.78. The van der Waals surface area contributed by atoms with Crippen LogP contribution in [0.3, 0.4) is 0 Å². The van der Waals surface area contributed by atoms with Gasteiger partial charge < -0.3 is 5.11 Å². The fourth-order valence-corrected chi connectivity index (χ4v) is 1.32. The number of aliphatic carboxylic acids is 1. The van der Waals surface area contributed by atoms with Gasteiger partial charge in [-0.2, -0.15) is 5.10 Å². The number of aryl methyl sites for hydroxylation is 2. The van der Waals surface area contributed by atoms with Gasteiger partial charge in [-0.25, -0.2) is 0 Å². The Kier molecular flexibility index (Phi) is 2.17. The molecule has 0 aromatic carbocycles. The Balaban J connectivity index is 3.08. The van der Waals surface area contributed by atoms with E-state index in [0.29, 0.717) is 0 Å². The number of hydrogen-bond acceptors (Lipinski definition) is 2. The second kappa shape index (κ2) is 2.97. The summed E-state index contributed by atoms with van der Waals surface area (Å²) in [5, 5.41) is 15.5. The molecule has 0 amide bonds. The third-order valence-corrected chi connectivity index (χ3v) is 1.99. The topological polar surface area (TPSA) is 66.0 Å². The molecule has 0 aliphatic rings. The zero-order chi connectivity index (χ0) is 9.30. The molecule has 4 heteroatoms. The van der Waals surface area contributed by atoms with Crippen LogP contribution >= 0.6 is 0 Å². The minimum Gasteiger partial charge on any atom is -0.481 e. The largest absolute Gasteiger partial charge is 0.481 e. The molecule has 1 heterocycles. The van der Waals surface area contributed by atoms with Crippen molar-refractivity contribution in [3.63, 3.8) is 0 Å². The summed E-state index contributed by atoms with van der Waals surface area (Å²) >= 11 is 0. The molecule has 1 unspecified atom stereocenters. The van der Waals surface area contributed by atoms with Crippen molar-refractivity contribution in [1.82, 2.24) is 10.2 Å². The fourth-order valence-electron chi connectivity index (χ4n) is 1.32. The first kappa shape index (κ1) is 8.77. The average Bonchev–Trinajstić information content (AvgIpc) is 2.30. The molecular weight excluding hydrogens is 156 g/mol. The van der Waals surface area contributed by atoms with Gasteiger partial charge >= 0.3 is 5.97 Å². The molecule has 1 aromatic rings. The summed E-state index contributed by atoms with van der Waals surface area (Å²) in [7, 11) is 0. The van der Waals surface area contributed by atoms with Crippen LogP contribution in [0.25, 0.3) is 0 Å². The van der Waals surface area contributed by atoms with Crippen LogP contribution in [0.5, 0.6) is 0 Å². The highest BCUT2D eigenvalue weighted by atomic mass is 16.4. The molecule has 0 saturated carbocycles. The Morgan fingerprint density at radius 1 is 1.58 bits per heavy atom. The van der Waals surface area contributed by atoms with Crippen molar-refractivity contribution in [1.29, 1.82) is 0 Å². The van der Waals surface area contributed by atoms with Crippen molar-refractivity contribution < 1.29 is 9.90 Å². The molecule has 0 aliphatic heterocycles. The van der Waals surface area contributed by atoms with E-state index in [9.17, 15) is 4.79 Å². The van der Waals surface area contributed by atoms with E-state index in [-0.39, 0.29) is 0 Å². The SMILES string of the molecule is Cc1n[nH]c(C)c1C(C)C(=O)O. The van der Waals surface area contributed by atoms with Crippen LogP contribution in [0.1, 0.15) is 29.8 Å². The summed E-state index contributed by atoms with van der Waals surface area (Å²) < 4.78 is 0. The van der Waals surface area contributed by atoms with Gasteiger partial charge in [0, 0.05) is 11.3 Å². The average molecular weight is 168 g/mol. The van der Waals surface area contributed by atoms with Gasteiger partial charge in [0.2, 0.25) is 0 Å². The molecule has 66 valence electrons. The van der Waals surface area contributed by atoms with Crippen LogP contribution in [0.4, 0.5) is 0 Å². The Bertz CT molecular complexity index is 285. The molecule has 0 radical (unpaired) electrons. The minimum atomic E-state index is -0.817. The maximum absolute atomic E-state index is 10.7. The minimum absolute atomic E-state index is 0.483. The van der Waals surface area contributed by atoms with E-state index in [4.69, 9.17) is 5.11 Å². The highest BCUT2D eigenvalue weighted by Gasteiger charge is 2.19. The normalized spacial score (nSPS) is 12.9. The first-order chi connectivity index (χ1) is 5.54. The first-order valence-electron chi connectivity index (χ1n) is 3.78. The zero-order valence-electron chi connectivity index (χ0n) is 7.38. The number of aromatic amines is 1. The zero-order valence-corrected chi connectivity index (χ0v) is 7.38. The van der Waals surface area contributed by atoms with Crippen LogP contribution in [0, 0.1) is 13.8 Å². The molecule has 0 saturated heterocycles. The Morgan fingerprint density at radius 3 is 2.50 bits per heavy atom. The highest BCUT2D eigenvalue weighted by Crippen LogP contribution is 2.20. The molecule has 0 fully saturated rings. The van der Waals surface area contributed by atoms with Gasteiger partial charge in [-0.15, -0.1) is 0 Å². The van der Waals surface area contributed by atoms with E-state index >= 15 is 0 Å². The smallest absolute Gasteiger partial charge is 0.310 e. The van der Waals surface area contributed by atoms with Gasteiger partial charge in [0.05, 0.1) is 11.6 Å². The Hall–Kier alpha value is -1.32. The summed E-state index contributed by atoms with van der Waals surface area (Å²) in [5.74, 6) is -1.30. The third-order valence-electron chi connectivity index (χ3n) is 1.99. The second-order valence-corrected chi connectivity index (χ2v) is 2.91. The predicted octanol–water partition coefficient (Wildman–Crippen LogP) is 1.21. The molecule has 0 bridgehead atoms. The quantitative estimate of drug-likeness (QED) is 0.697. The monoisotopic (exact) mass is 168 g/mol. The molecule has 1 atom stereocenters. The molecule has 0 aliphatic carbocycles. The lowest BCUT2D eigenvalue weighted by atomic mass is 10.00. The molecule has 4 nitrogen and oxygen atoms in total. The van der Waals surface area contributed by atoms with Crippen LogP contribution in [-0.4, -0.2) is 21.3 Å². The van der Waals surface area contributed by atoms with Crippen molar-refractivity contribution >= 4 is 5.97 Å². The van der Waals surface area contributed by atoms with Crippen LogP contribution < -0.4 is 0 Å². The van der Waals surface area contributed by atoms with E-state index < -0.39 is 11.9 Å². The van der Waals surface area contributed by atoms with Gasteiger partial charge in [0.1, 0.15) is 0 Å². The molecule has 1 rings (SSSR count). The predicted molar refractivity (Wildman–Crippen MR) is 44.1 cm³/mol. The summed E-state index contributed by atoms with van der Waals surface area (Å²) in [6.07, 6.45) is 0. The van der Waals surface area contributed by atoms with Crippen LogP contribution in [-0.2, 0) is 4.79 Å². The molecule has 12 heavy (non-hydrogen) atoms. The van der Waals surface area contributed by atoms with Gasteiger partial charge in [0.15, 0.2) is 0 Å². The standard InChI is InChI=1S/C8H12N2O2/c1-4(8(11)12)7-5(2)9-10-6(7)3/h4H,1-3H3,(H,9,10)(H,11,12). The number of nitrogens with zero attached hydrogens (tertiary/aromatic N) is 1. The second-order valence-electron chi connectivity index (χ2n) is 2.91. The molecule has 1 aromatic heterocycles. The maximum Gasteiger partial charge on any atom is 0.310 e. The molecule has 0 spiro atoms. The lowest BCUT2D eigenvalue weighted by Crippen LogP contribution is -2.08. The van der Waals surface area contributed by atoms with Crippen molar-refractivity contribution in [3.05, 3.63) is 17.0 Å². The summed E-state index contributed by atoms with van der Waals surface area (Å²) in [5.41, 5.74) is 2.40. The Labute approximate surface area is 70.6 Å². The van der Waals surface area contributed by atoms with Crippen molar-refractivity contribution in [2.75, 3.05) is 0 Å². The molecule has 2 N–H and O–H groups in total. The van der Waals surface area contributed by atoms with Crippen LogP contribution in [0.15, 0.2) is 0 Å². The number of H-pyrrole nitrogens is 1. The number of rotatable bonds is 2. The number of carbonyl (C=O) groups is 1. The summed E-state index contributed by atoms with van der Waals surface area (Å²) in [6.45, 7) is 5.29. The van der Waals surface area contributed by atoms with E-state index in [1.807, 2.05) is 6.92 Å². The number of carboxylic acid groups (broad SMARTS) is 1. The fraction of sp³-hybridized carbons (Fsp3) is 0.500. The van der Waals surface area contributed by atoms with Gasteiger partial charge in [-0.05, 0) is 20.8 Å². The number of aromatic nitrogens is 2. The summed E-state index contributed by atoms with van der Waals surface area (Å²) in [4.78, 5) is 10.7. The molecular formula is C8H12N2O2.